The fourth-order valence-corrected chi connectivity index (χ4v) is 2.65. The highest BCUT2D eigenvalue weighted by molar-refractivity contribution is 5.94. The average molecular weight is 397 g/mol. The van der Waals surface area contributed by atoms with Crippen molar-refractivity contribution in [1.82, 2.24) is 25.8 Å². The van der Waals surface area contributed by atoms with Gasteiger partial charge < -0.3 is 26.0 Å². The Morgan fingerprint density at radius 2 is 1.75 bits per heavy atom. The number of amides is 3. The normalized spacial score (nSPS) is 17.0. The van der Waals surface area contributed by atoms with Crippen molar-refractivity contribution in [2.24, 2.45) is 0 Å². The standard InChI is InChI=1S/C17H26FN5O2.CH2O2/c1-22-9-10-23(2)15(12-22)11-21-17(25)20-8-7-19-16(24)13-3-5-14(18)6-4-13;2-1-3/h3-6,15H,7-12H2,1-2H3,(H,19,24)(H2,20,21,25);1H,(H,2,3). The summed E-state index contributed by atoms with van der Waals surface area (Å²) in [4.78, 5) is 36.5. The number of carboxylic acid groups (broad SMARTS) is 1. The highest BCUT2D eigenvalue weighted by atomic mass is 19.1. The molecule has 0 saturated carbocycles. The first-order valence-corrected chi connectivity index (χ1v) is 8.89. The Labute approximate surface area is 163 Å². The van der Waals surface area contributed by atoms with Crippen LogP contribution >= 0.6 is 0 Å². The molecule has 1 heterocycles. The fourth-order valence-electron chi connectivity index (χ4n) is 2.65. The van der Waals surface area contributed by atoms with Gasteiger partial charge in [0, 0.05) is 50.9 Å². The minimum atomic E-state index is -0.385. The van der Waals surface area contributed by atoms with Crippen molar-refractivity contribution in [1.29, 1.82) is 0 Å². The Balaban J connectivity index is 0.00000122. The number of nitrogens with one attached hydrogen (secondary N) is 3. The molecule has 9 nitrogen and oxygen atoms in total. The van der Waals surface area contributed by atoms with Gasteiger partial charge in [-0.3, -0.25) is 14.5 Å². The molecule has 1 unspecified atom stereocenters. The lowest BCUT2D eigenvalue weighted by atomic mass is 10.2. The van der Waals surface area contributed by atoms with E-state index in [1.54, 1.807) is 0 Å². The van der Waals surface area contributed by atoms with E-state index >= 15 is 0 Å². The number of nitrogens with zero attached hydrogens (tertiary/aromatic N) is 2. The molecule has 10 heteroatoms. The molecule has 0 radical (unpaired) electrons. The van der Waals surface area contributed by atoms with Crippen molar-refractivity contribution < 1.29 is 23.9 Å². The molecule has 1 aliphatic heterocycles. The number of likely N-dealkylation sites (N-methyl/N-ethyl adjacent to an activating group) is 2. The van der Waals surface area contributed by atoms with Gasteiger partial charge in [0.25, 0.3) is 12.4 Å². The number of benzene rings is 1. The van der Waals surface area contributed by atoms with Gasteiger partial charge in [-0.15, -0.1) is 0 Å². The van der Waals surface area contributed by atoms with Crippen LogP contribution in [0.2, 0.25) is 0 Å². The summed E-state index contributed by atoms with van der Waals surface area (Å²) >= 11 is 0. The van der Waals surface area contributed by atoms with E-state index in [1.807, 2.05) is 0 Å². The second-order valence-electron chi connectivity index (χ2n) is 6.40. The fraction of sp³-hybridized carbons (Fsp3) is 0.500. The summed E-state index contributed by atoms with van der Waals surface area (Å²) < 4.78 is 12.8. The lowest BCUT2D eigenvalue weighted by Crippen LogP contribution is -2.55. The monoisotopic (exact) mass is 397 g/mol. The van der Waals surface area contributed by atoms with Gasteiger partial charge in [-0.2, -0.15) is 0 Å². The Hall–Kier alpha value is -2.72. The van der Waals surface area contributed by atoms with E-state index in [-0.39, 0.29) is 24.2 Å². The number of hydrogen-bond acceptors (Lipinski definition) is 5. The molecule has 1 saturated heterocycles. The van der Waals surface area contributed by atoms with Crippen molar-refractivity contribution >= 4 is 18.4 Å². The second-order valence-corrected chi connectivity index (χ2v) is 6.40. The third-order valence-electron chi connectivity index (χ3n) is 4.28. The van der Waals surface area contributed by atoms with Crippen LogP contribution < -0.4 is 16.0 Å². The van der Waals surface area contributed by atoms with Crippen LogP contribution in [0.3, 0.4) is 0 Å². The van der Waals surface area contributed by atoms with Crippen LogP contribution in [-0.4, -0.2) is 92.7 Å². The number of carbonyl (C=O) groups is 3. The maximum Gasteiger partial charge on any atom is 0.314 e. The molecule has 1 aromatic rings. The topological polar surface area (TPSA) is 114 Å². The van der Waals surface area contributed by atoms with E-state index in [0.717, 1.165) is 19.6 Å². The molecule has 1 aliphatic rings. The minimum Gasteiger partial charge on any atom is -0.483 e. The number of rotatable bonds is 6. The number of urea groups is 1. The molecule has 1 aromatic carbocycles. The van der Waals surface area contributed by atoms with Crippen molar-refractivity contribution in [2.75, 3.05) is 53.4 Å². The van der Waals surface area contributed by atoms with Crippen molar-refractivity contribution in [3.63, 3.8) is 0 Å². The van der Waals surface area contributed by atoms with Crippen molar-refractivity contribution in [3.8, 4) is 0 Å². The molecular weight excluding hydrogens is 369 g/mol. The third-order valence-corrected chi connectivity index (χ3v) is 4.28. The largest absolute Gasteiger partial charge is 0.483 e. The average Bonchev–Trinajstić information content (AvgIpc) is 2.67. The Morgan fingerprint density at radius 1 is 1.14 bits per heavy atom. The summed E-state index contributed by atoms with van der Waals surface area (Å²) in [6, 6.07) is 5.35. The predicted octanol–water partition coefficient (Wildman–Crippen LogP) is -0.199. The molecule has 3 amide bonds. The van der Waals surface area contributed by atoms with Crippen LogP contribution in [-0.2, 0) is 4.79 Å². The maximum atomic E-state index is 12.8. The van der Waals surface area contributed by atoms with E-state index in [1.165, 1.54) is 24.3 Å². The number of carbonyl (C=O) groups excluding carboxylic acids is 2. The molecule has 1 fully saturated rings. The number of halogens is 1. The minimum absolute atomic E-state index is 0.250. The lowest BCUT2D eigenvalue weighted by Gasteiger charge is -2.37. The first-order chi connectivity index (χ1) is 13.4. The molecule has 1 atom stereocenters. The molecule has 0 bridgehead atoms. The molecule has 0 aromatic heterocycles. The lowest BCUT2D eigenvalue weighted by molar-refractivity contribution is -0.122. The third kappa shape index (κ3) is 8.78. The van der Waals surface area contributed by atoms with Crippen molar-refractivity contribution in [3.05, 3.63) is 35.6 Å². The molecule has 0 spiro atoms. The summed E-state index contributed by atoms with van der Waals surface area (Å²) in [5, 5.41) is 15.1. The van der Waals surface area contributed by atoms with Crippen LogP contribution in [0, 0.1) is 5.82 Å². The zero-order valence-electron chi connectivity index (χ0n) is 16.2. The summed E-state index contributed by atoms with van der Waals surface area (Å²) in [5.41, 5.74) is 0.385. The van der Waals surface area contributed by atoms with Crippen molar-refractivity contribution in [2.45, 2.75) is 6.04 Å². The smallest absolute Gasteiger partial charge is 0.314 e. The SMILES string of the molecule is CN1CCN(C)C(CNC(=O)NCCNC(=O)c2ccc(F)cc2)C1.O=CO. The summed E-state index contributed by atoms with van der Waals surface area (Å²) in [7, 11) is 4.13. The zero-order chi connectivity index (χ0) is 20.9. The van der Waals surface area contributed by atoms with E-state index in [2.05, 4.69) is 39.8 Å². The number of hydrogen-bond donors (Lipinski definition) is 4. The van der Waals surface area contributed by atoms with Crippen LogP contribution in [0.15, 0.2) is 24.3 Å². The van der Waals surface area contributed by atoms with E-state index in [0.29, 0.717) is 31.2 Å². The van der Waals surface area contributed by atoms with Gasteiger partial charge in [-0.05, 0) is 38.4 Å². The predicted molar refractivity (Wildman–Crippen MR) is 103 cm³/mol. The van der Waals surface area contributed by atoms with Crippen LogP contribution in [0.4, 0.5) is 9.18 Å². The van der Waals surface area contributed by atoms with Gasteiger partial charge in [0.15, 0.2) is 0 Å². The van der Waals surface area contributed by atoms with Gasteiger partial charge in [0.05, 0.1) is 0 Å². The molecule has 2 rings (SSSR count). The van der Waals surface area contributed by atoms with Crippen LogP contribution in [0.5, 0.6) is 0 Å². The van der Waals surface area contributed by atoms with Crippen LogP contribution in [0.25, 0.3) is 0 Å². The maximum absolute atomic E-state index is 12.8. The van der Waals surface area contributed by atoms with Crippen LogP contribution in [0.1, 0.15) is 10.4 Å². The molecule has 0 aliphatic carbocycles. The van der Waals surface area contributed by atoms with Gasteiger partial charge >= 0.3 is 6.03 Å². The Bertz CT molecular complexity index is 629. The van der Waals surface area contributed by atoms with Gasteiger partial charge in [-0.25, -0.2) is 9.18 Å². The van der Waals surface area contributed by atoms with Gasteiger partial charge in [-0.1, -0.05) is 0 Å². The molecule has 28 heavy (non-hydrogen) atoms. The summed E-state index contributed by atoms with van der Waals surface area (Å²) in [5.74, 6) is -0.682. The second kappa shape index (κ2) is 12.6. The highest BCUT2D eigenvalue weighted by Crippen LogP contribution is 2.04. The van der Waals surface area contributed by atoms with Gasteiger partial charge in [0.1, 0.15) is 5.82 Å². The zero-order valence-corrected chi connectivity index (χ0v) is 16.2. The van der Waals surface area contributed by atoms with E-state index < -0.39 is 0 Å². The molecular formula is C18H28FN5O4. The van der Waals surface area contributed by atoms with E-state index in [9.17, 15) is 14.0 Å². The van der Waals surface area contributed by atoms with Gasteiger partial charge in [0.2, 0.25) is 0 Å². The number of piperazine rings is 1. The summed E-state index contributed by atoms with van der Waals surface area (Å²) in [6.45, 7) is 3.89. The Morgan fingerprint density at radius 3 is 2.39 bits per heavy atom. The first kappa shape index (κ1) is 23.3. The molecule has 4 N–H and O–H groups in total. The first-order valence-electron chi connectivity index (χ1n) is 8.89. The highest BCUT2D eigenvalue weighted by Gasteiger charge is 2.22. The van der Waals surface area contributed by atoms with E-state index in [4.69, 9.17) is 9.90 Å². The Kier molecular flexibility index (Phi) is 10.5. The quantitative estimate of drug-likeness (QED) is 0.391. The summed E-state index contributed by atoms with van der Waals surface area (Å²) in [6.07, 6.45) is 0. The molecule has 156 valence electrons.